The molecule has 0 fully saturated rings. The molecule has 48 heavy (non-hydrogen) atoms. The Labute approximate surface area is 290 Å². The third-order valence-electron chi connectivity index (χ3n) is 9.12. The first-order valence-electron chi connectivity index (χ1n) is 15.5. The van der Waals surface area contributed by atoms with Gasteiger partial charge in [0.15, 0.2) is 11.2 Å². The summed E-state index contributed by atoms with van der Waals surface area (Å²) in [6.45, 7) is 0. The molecule has 0 saturated heterocycles. The fraction of sp³-hybridized carbons (Fsp3) is 0. The molecule has 11 rings (SSSR count). The van der Waals surface area contributed by atoms with Crippen LogP contribution in [0.25, 0.3) is 66.7 Å². The molecule has 0 aliphatic carbocycles. The van der Waals surface area contributed by atoms with E-state index in [2.05, 4.69) is 106 Å². The summed E-state index contributed by atoms with van der Waals surface area (Å²) in [6.07, 6.45) is 0. The van der Waals surface area contributed by atoms with E-state index in [-0.39, 0.29) is 0 Å². The fourth-order valence-corrected chi connectivity index (χ4v) is 9.83. The Bertz CT molecular complexity index is 2840. The van der Waals surface area contributed by atoms with Crippen LogP contribution in [0.5, 0.6) is 0 Å². The predicted molar refractivity (Wildman–Crippen MR) is 198 cm³/mol. The quantitative estimate of drug-likeness (QED) is 0.176. The molecule has 8 heteroatoms. The maximum Gasteiger partial charge on any atom is 0.227 e. The minimum Gasteiger partial charge on any atom is -0.435 e. The van der Waals surface area contributed by atoms with E-state index in [1.54, 1.807) is 23.5 Å². The summed E-state index contributed by atoms with van der Waals surface area (Å²) in [7, 11) is 0. The number of halogens is 1. The molecule has 0 atom stereocenters. The number of anilines is 3. The van der Waals surface area contributed by atoms with E-state index < -0.39 is 0 Å². The van der Waals surface area contributed by atoms with E-state index in [1.165, 1.54) is 10.6 Å². The van der Waals surface area contributed by atoms with Crippen LogP contribution in [0.1, 0.15) is 0 Å². The minimum atomic E-state index is 0.613. The van der Waals surface area contributed by atoms with Gasteiger partial charge < -0.3 is 13.7 Å². The number of aromatic nitrogens is 2. The van der Waals surface area contributed by atoms with Gasteiger partial charge in [-0.25, -0.2) is 9.97 Å². The van der Waals surface area contributed by atoms with E-state index in [9.17, 15) is 0 Å². The summed E-state index contributed by atoms with van der Waals surface area (Å²) in [5.74, 6) is 1.23. The number of benzene rings is 7. The summed E-state index contributed by atoms with van der Waals surface area (Å²) in [6, 6.07) is 42.3. The maximum atomic E-state index is 6.53. The van der Waals surface area contributed by atoms with Crippen molar-refractivity contribution in [2.24, 2.45) is 0 Å². The zero-order valence-corrected chi connectivity index (χ0v) is 28.1. The first-order chi connectivity index (χ1) is 23.6. The number of nitrogens with zero attached hydrogens (tertiary/aromatic N) is 3. The standard InChI is InChI=1S/C40H20BrN3O2S2/c41-25-12-16-31-33(20-25)48-35-19-24(40-43-29-14-10-22-6-2-4-8-27(22)38(29)46-40)18-34-36(35)44(31)30-15-11-23(17-32(30)47-34)39-42-28-13-9-21-5-1-3-7-26(21)37(28)45-39/h1-20H. The number of hydrogen-bond donors (Lipinski definition) is 0. The Kier molecular flexibility index (Phi) is 5.62. The van der Waals surface area contributed by atoms with Crippen molar-refractivity contribution in [3.05, 3.63) is 126 Å². The molecule has 2 aliphatic rings. The van der Waals surface area contributed by atoms with Gasteiger partial charge in [0.05, 0.1) is 17.1 Å². The van der Waals surface area contributed by atoms with E-state index in [1.807, 2.05) is 36.4 Å². The Morgan fingerprint density at radius 3 is 1.71 bits per heavy atom. The summed E-state index contributed by atoms with van der Waals surface area (Å²) in [4.78, 5) is 16.9. The molecule has 0 N–H and O–H groups in total. The highest BCUT2D eigenvalue weighted by atomic mass is 79.9. The van der Waals surface area contributed by atoms with Gasteiger partial charge in [0.25, 0.3) is 0 Å². The molecule has 0 unspecified atom stereocenters. The van der Waals surface area contributed by atoms with Gasteiger partial charge in [-0.3, -0.25) is 0 Å². The largest absolute Gasteiger partial charge is 0.435 e. The van der Waals surface area contributed by atoms with Crippen LogP contribution in [-0.4, -0.2) is 9.97 Å². The lowest BCUT2D eigenvalue weighted by atomic mass is 10.1. The van der Waals surface area contributed by atoms with Gasteiger partial charge in [-0.1, -0.05) is 100 Å². The van der Waals surface area contributed by atoms with Gasteiger partial charge in [0.2, 0.25) is 11.8 Å². The number of hydrogen-bond acceptors (Lipinski definition) is 7. The molecule has 0 spiro atoms. The van der Waals surface area contributed by atoms with E-state index in [4.69, 9.17) is 18.8 Å². The topological polar surface area (TPSA) is 55.3 Å². The highest BCUT2D eigenvalue weighted by Gasteiger charge is 2.34. The fourth-order valence-electron chi connectivity index (χ4n) is 6.92. The van der Waals surface area contributed by atoms with E-state index >= 15 is 0 Å². The monoisotopic (exact) mass is 717 g/mol. The van der Waals surface area contributed by atoms with Crippen LogP contribution in [0.3, 0.4) is 0 Å². The van der Waals surface area contributed by atoms with Crippen LogP contribution in [0.2, 0.25) is 0 Å². The summed E-state index contributed by atoms with van der Waals surface area (Å²) in [5, 5.41) is 4.40. The molecule has 9 aromatic rings. The highest BCUT2D eigenvalue weighted by Crippen LogP contribution is 2.61. The molecule has 2 aliphatic heterocycles. The lowest BCUT2D eigenvalue weighted by Gasteiger charge is -2.38. The van der Waals surface area contributed by atoms with E-state index in [0.29, 0.717) is 11.8 Å². The van der Waals surface area contributed by atoms with Crippen LogP contribution < -0.4 is 4.90 Å². The molecule has 5 nitrogen and oxygen atoms in total. The Balaban J connectivity index is 1.09. The highest BCUT2D eigenvalue weighted by molar-refractivity contribution is 9.10. The summed E-state index contributed by atoms with van der Waals surface area (Å²) in [5.41, 5.74) is 8.68. The van der Waals surface area contributed by atoms with Crippen molar-refractivity contribution < 1.29 is 8.83 Å². The van der Waals surface area contributed by atoms with Crippen molar-refractivity contribution in [2.45, 2.75) is 19.6 Å². The van der Waals surface area contributed by atoms with Crippen LogP contribution in [-0.2, 0) is 0 Å². The molecule has 4 heterocycles. The van der Waals surface area contributed by atoms with Crippen molar-refractivity contribution in [3.8, 4) is 22.9 Å². The third-order valence-corrected chi connectivity index (χ3v) is 11.8. The van der Waals surface area contributed by atoms with Crippen molar-refractivity contribution in [1.29, 1.82) is 0 Å². The van der Waals surface area contributed by atoms with Crippen LogP contribution in [0.15, 0.2) is 154 Å². The lowest BCUT2D eigenvalue weighted by molar-refractivity contribution is 0.622. The molecule has 7 aromatic carbocycles. The van der Waals surface area contributed by atoms with Crippen molar-refractivity contribution in [1.82, 2.24) is 9.97 Å². The minimum absolute atomic E-state index is 0.613. The second kappa shape index (κ2) is 10.00. The Morgan fingerprint density at radius 2 is 1.06 bits per heavy atom. The van der Waals surface area contributed by atoms with Gasteiger partial charge in [0.1, 0.15) is 11.0 Å². The molecular weight excluding hydrogens is 698 g/mol. The lowest BCUT2D eigenvalue weighted by Crippen LogP contribution is -2.19. The normalized spacial score (nSPS) is 13.3. The summed E-state index contributed by atoms with van der Waals surface area (Å²) >= 11 is 7.25. The average molecular weight is 719 g/mol. The maximum absolute atomic E-state index is 6.53. The van der Waals surface area contributed by atoms with Gasteiger partial charge in [0, 0.05) is 46.0 Å². The summed E-state index contributed by atoms with van der Waals surface area (Å²) < 4.78 is 14.0. The Morgan fingerprint density at radius 1 is 0.521 bits per heavy atom. The molecule has 0 bridgehead atoms. The average Bonchev–Trinajstić information content (AvgIpc) is 3.77. The molecule has 0 saturated carbocycles. The number of rotatable bonds is 2. The SMILES string of the molecule is Brc1ccc2c(c1)Sc1cc(-c3nc4ccc5ccccc5c4o3)cc3c1N2c1ccc(-c2nc4ccc5ccccc5c4o2)cc1S3. The molecule has 2 aromatic heterocycles. The zero-order valence-electron chi connectivity index (χ0n) is 24.9. The first-order valence-corrected chi connectivity index (χ1v) is 17.9. The molecule has 0 radical (unpaired) electrons. The molecule has 226 valence electrons. The van der Waals surface area contributed by atoms with Crippen LogP contribution in [0.4, 0.5) is 17.1 Å². The molecule has 0 amide bonds. The second-order valence-corrected chi connectivity index (χ2v) is 15.0. The van der Waals surface area contributed by atoms with Crippen molar-refractivity contribution >= 4 is 100 Å². The van der Waals surface area contributed by atoms with Crippen LogP contribution in [0, 0.1) is 0 Å². The van der Waals surface area contributed by atoms with Gasteiger partial charge in [-0.05, 0) is 71.4 Å². The van der Waals surface area contributed by atoms with Crippen molar-refractivity contribution in [3.63, 3.8) is 0 Å². The number of oxazole rings is 2. The Hall–Kier alpha value is -5.02. The smallest absolute Gasteiger partial charge is 0.227 e. The number of fused-ring (bicyclic) bond motifs is 10. The van der Waals surface area contributed by atoms with Gasteiger partial charge in [-0.2, -0.15) is 0 Å². The van der Waals surface area contributed by atoms with Gasteiger partial charge >= 0.3 is 0 Å². The third kappa shape index (κ3) is 3.94. The second-order valence-electron chi connectivity index (χ2n) is 12.0. The first kappa shape index (κ1) is 27.0. The van der Waals surface area contributed by atoms with Crippen LogP contribution >= 0.6 is 39.5 Å². The molecular formula is C40H20BrN3O2S2. The zero-order chi connectivity index (χ0) is 31.5. The van der Waals surface area contributed by atoms with Gasteiger partial charge in [-0.15, -0.1) is 0 Å². The van der Waals surface area contributed by atoms with Crippen molar-refractivity contribution in [2.75, 3.05) is 4.90 Å². The van der Waals surface area contributed by atoms with E-state index in [0.717, 1.165) is 85.4 Å². The predicted octanol–water partition coefficient (Wildman–Crippen LogP) is 12.8.